The molecule has 122 valence electrons. The van der Waals surface area contributed by atoms with Crippen molar-refractivity contribution in [1.29, 1.82) is 0 Å². The molecule has 0 aromatic heterocycles. The van der Waals surface area contributed by atoms with Crippen molar-refractivity contribution in [3.63, 3.8) is 0 Å². The molecule has 0 aliphatic heterocycles. The molecule has 23 heavy (non-hydrogen) atoms. The fourth-order valence-electron chi connectivity index (χ4n) is 2.16. The van der Waals surface area contributed by atoms with E-state index in [9.17, 15) is 4.79 Å². The third-order valence-electron chi connectivity index (χ3n) is 3.29. The summed E-state index contributed by atoms with van der Waals surface area (Å²) < 4.78 is 11.6. The van der Waals surface area contributed by atoms with Gasteiger partial charge in [-0.05, 0) is 12.1 Å². The molecule has 2 aromatic carbocycles. The van der Waals surface area contributed by atoms with Crippen LogP contribution >= 0.6 is 15.9 Å². The van der Waals surface area contributed by atoms with Crippen molar-refractivity contribution in [3.05, 3.63) is 58.1 Å². The van der Waals surface area contributed by atoms with Crippen molar-refractivity contribution in [2.75, 3.05) is 13.7 Å². The molecular formula is C17H20BrN2O3+. The molecule has 0 heterocycles. The second-order valence-electron chi connectivity index (χ2n) is 5.03. The zero-order valence-corrected chi connectivity index (χ0v) is 14.5. The molecule has 4 N–H and O–H groups in total. The Balaban J connectivity index is 2.02. The summed E-state index contributed by atoms with van der Waals surface area (Å²) in [6.45, 7) is 1.51. The van der Waals surface area contributed by atoms with Crippen molar-refractivity contribution in [3.8, 4) is 11.5 Å². The Labute approximate surface area is 143 Å². The third kappa shape index (κ3) is 5.26. The van der Waals surface area contributed by atoms with E-state index < -0.39 is 5.91 Å². The number of carbonyl (C=O) groups excluding carboxylic acids is 1. The van der Waals surface area contributed by atoms with Gasteiger partial charge in [-0.25, -0.2) is 0 Å². The van der Waals surface area contributed by atoms with Crippen LogP contribution < -0.4 is 20.5 Å². The minimum Gasteiger partial charge on any atom is -0.493 e. The summed E-state index contributed by atoms with van der Waals surface area (Å²) in [5.41, 5.74) is 7.46. The Bertz CT molecular complexity index is 662. The van der Waals surface area contributed by atoms with Gasteiger partial charge in [-0.2, -0.15) is 0 Å². The summed E-state index contributed by atoms with van der Waals surface area (Å²) in [7, 11) is 1.57. The molecule has 0 spiro atoms. The maximum atomic E-state index is 10.8. The first kappa shape index (κ1) is 17.3. The van der Waals surface area contributed by atoms with Gasteiger partial charge in [0.15, 0.2) is 18.1 Å². The van der Waals surface area contributed by atoms with Crippen LogP contribution in [0.25, 0.3) is 0 Å². The molecule has 0 fully saturated rings. The summed E-state index contributed by atoms with van der Waals surface area (Å²) in [4.78, 5) is 10.8. The van der Waals surface area contributed by atoms with E-state index in [2.05, 4.69) is 33.4 Å². The van der Waals surface area contributed by atoms with Crippen LogP contribution in [0.5, 0.6) is 11.5 Å². The molecule has 0 aliphatic rings. The third-order valence-corrected chi connectivity index (χ3v) is 4.03. The van der Waals surface area contributed by atoms with Gasteiger partial charge in [0, 0.05) is 15.6 Å². The van der Waals surface area contributed by atoms with Gasteiger partial charge in [0.05, 0.1) is 7.11 Å². The van der Waals surface area contributed by atoms with Crippen LogP contribution in [0.1, 0.15) is 11.1 Å². The van der Waals surface area contributed by atoms with Gasteiger partial charge in [0.2, 0.25) is 0 Å². The molecule has 2 aromatic rings. The van der Waals surface area contributed by atoms with Gasteiger partial charge in [-0.15, -0.1) is 0 Å². The minimum absolute atomic E-state index is 0.178. The molecule has 6 heteroatoms. The zero-order valence-electron chi connectivity index (χ0n) is 12.9. The Kier molecular flexibility index (Phi) is 6.43. The van der Waals surface area contributed by atoms with Crippen LogP contribution in [0, 0.1) is 0 Å². The highest BCUT2D eigenvalue weighted by Gasteiger charge is 2.12. The minimum atomic E-state index is -0.525. The highest BCUT2D eigenvalue weighted by molar-refractivity contribution is 9.10. The molecule has 2 rings (SSSR count). The van der Waals surface area contributed by atoms with Crippen LogP contribution in [-0.4, -0.2) is 19.6 Å². The number of ether oxygens (including phenoxy) is 2. The Hall–Kier alpha value is -2.05. The average Bonchev–Trinajstić information content (AvgIpc) is 2.55. The lowest BCUT2D eigenvalue weighted by molar-refractivity contribution is -0.686. The SMILES string of the molecule is COc1cc(C[NH2+]Cc2ccccc2)c(Br)cc1OCC(N)=O. The van der Waals surface area contributed by atoms with Gasteiger partial charge >= 0.3 is 0 Å². The number of halogens is 1. The van der Waals surface area contributed by atoms with Gasteiger partial charge in [0.25, 0.3) is 5.91 Å². The van der Waals surface area contributed by atoms with E-state index in [0.717, 1.165) is 23.1 Å². The Morgan fingerprint density at radius 2 is 1.91 bits per heavy atom. The van der Waals surface area contributed by atoms with Crippen molar-refractivity contribution in [1.82, 2.24) is 0 Å². The number of rotatable bonds is 8. The number of nitrogens with two attached hydrogens (primary N) is 2. The molecule has 0 atom stereocenters. The van der Waals surface area contributed by atoms with E-state index in [-0.39, 0.29) is 6.61 Å². The number of primary amides is 1. The highest BCUT2D eigenvalue weighted by atomic mass is 79.9. The first-order valence-corrected chi connectivity index (χ1v) is 8.02. The summed E-state index contributed by atoms with van der Waals surface area (Å²) in [6, 6.07) is 14.0. The lowest BCUT2D eigenvalue weighted by Gasteiger charge is -2.12. The van der Waals surface area contributed by atoms with Crippen LogP contribution in [0.2, 0.25) is 0 Å². The molecule has 0 unspecified atom stereocenters. The van der Waals surface area contributed by atoms with E-state index in [1.165, 1.54) is 5.56 Å². The molecule has 0 bridgehead atoms. The number of benzene rings is 2. The molecule has 0 saturated heterocycles. The Morgan fingerprint density at radius 3 is 2.57 bits per heavy atom. The molecule has 5 nitrogen and oxygen atoms in total. The summed E-state index contributed by atoms with van der Waals surface area (Å²) in [6.07, 6.45) is 0. The van der Waals surface area contributed by atoms with Crippen molar-refractivity contribution >= 4 is 21.8 Å². The maximum Gasteiger partial charge on any atom is 0.255 e. The first-order valence-electron chi connectivity index (χ1n) is 7.23. The molecule has 0 saturated carbocycles. The van der Waals surface area contributed by atoms with Gasteiger partial charge in [-0.3, -0.25) is 4.79 Å². The van der Waals surface area contributed by atoms with Crippen molar-refractivity contribution < 1.29 is 19.6 Å². The molecular weight excluding hydrogens is 360 g/mol. The van der Waals surface area contributed by atoms with E-state index >= 15 is 0 Å². The number of quaternary nitrogens is 1. The Morgan fingerprint density at radius 1 is 1.17 bits per heavy atom. The highest BCUT2D eigenvalue weighted by Crippen LogP contribution is 2.33. The topological polar surface area (TPSA) is 78.2 Å². The predicted molar refractivity (Wildman–Crippen MR) is 91.2 cm³/mol. The van der Waals surface area contributed by atoms with E-state index in [4.69, 9.17) is 15.2 Å². The van der Waals surface area contributed by atoms with Crippen molar-refractivity contribution in [2.24, 2.45) is 5.73 Å². The van der Waals surface area contributed by atoms with Gasteiger partial charge in [0.1, 0.15) is 13.1 Å². The normalized spacial score (nSPS) is 10.3. The van der Waals surface area contributed by atoms with E-state index in [0.29, 0.717) is 11.5 Å². The standard InChI is InChI=1S/C17H19BrN2O3/c1-22-15-7-13(10-20-9-12-5-3-2-4-6-12)14(18)8-16(15)23-11-17(19)21/h2-8,20H,9-11H2,1H3,(H2,19,21)/p+1. The van der Waals surface area contributed by atoms with Gasteiger partial charge in [-0.1, -0.05) is 46.3 Å². The lowest BCUT2D eigenvalue weighted by atomic mass is 10.2. The van der Waals surface area contributed by atoms with Crippen LogP contribution in [0.4, 0.5) is 0 Å². The van der Waals surface area contributed by atoms with E-state index in [1.807, 2.05) is 24.3 Å². The lowest BCUT2D eigenvalue weighted by Crippen LogP contribution is -2.80. The van der Waals surface area contributed by atoms with Crippen LogP contribution in [0.15, 0.2) is 46.9 Å². The summed E-state index contributed by atoms with van der Waals surface area (Å²) >= 11 is 3.53. The fraction of sp³-hybridized carbons (Fsp3) is 0.235. The number of methoxy groups -OCH3 is 1. The van der Waals surface area contributed by atoms with Crippen molar-refractivity contribution in [2.45, 2.75) is 13.1 Å². The predicted octanol–water partition coefficient (Wildman–Crippen LogP) is 1.59. The van der Waals surface area contributed by atoms with Gasteiger partial charge < -0.3 is 20.5 Å². The second-order valence-corrected chi connectivity index (χ2v) is 5.89. The van der Waals surface area contributed by atoms with Crippen LogP contribution in [-0.2, 0) is 17.9 Å². The quantitative estimate of drug-likeness (QED) is 0.730. The number of hydrogen-bond donors (Lipinski definition) is 2. The number of hydrogen-bond acceptors (Lipinski definition) is 3. The number of amides is 1. The second kappa shape index (κ2) is 8.55. The number of carbonyl (C=O) groups is 1. The summed E-state index contributed by atoms with van der Waals surface area (Å²) in [5.74, 6) is 0.547. The molecule has 0 aliphatic carbocycles. The summed E-state index contributed by atoms with van der Waals surface area (Å²) in [5, 5.41) is 2.21. The maximum absolute atomic E-state index is 10.8. The monoisotopic (exact) mass is 379 g/mol. The molecule has 0 radical (unpaired) electrons. The average molecular weight is 380 g/mol. The zero-order chi connectivity index (χ0) is 16.7. The fourth-order valence-corrected chi connectivity index (χ4v) is 2.65. The van der Waals surface area contributed by atoms with Crippen LogP contribution in [0.3, 0.4) is 0 Å². The molecule has 1 amide bonds. The largest absolute Gasteiger partial charge is 0.493 e. The first-order chi connectivity index (χ1) is 11.1. The smallest absolute Gasteiger partial charge is 0.255 e. The van der Waals surface area contributed by atoms with E-state index in [1.54, 1.807) is 13.2 Å².